The third-order valence-electron chi connectivity index (χ3n) is 3.39. The van der Waals surface area contributed by atoms with E-state index in [0.29, 0.717) is 0 Å². The average molecular weight is 204 g/mol. The third kappa shape index (κ3) is 1.63. The van der Waals surface area contributed by atoms with Gasteiger partial charge in [-0.05, 0) is 36.5 Å². The highest BCUT2D eigenvalue weighted by molar-refractivity contribution is 5.46. The van der Waals surface area contributed by atoms with Crippen LogP contribution in [0.3, 0.4) is 0 Å². The van der Waals surface area contributed by atoms with E-state index in [-0.39, 0.29) is 5.60 Å². The predicted octanol–water partition coefficient (Wildman–Crippen LogP) is 2.00. The van der Waals surface area contributed by atoms with Crippen molar-refractivity contribution in [1.29, 1.82) is 0 Å². The molecule has 2 heteroatoms. The molecule has 1 heterocycles. The van der Waals surface area contributed by atoms with Crippen LogP contribution in [0.4, 0.5) is 0 Å². The number of aryl methyl sites for hydroxylation is 1. The summed E-state index contributed by atoms with van der Waals surface area (Å²) in [6.45, 7) is 2.90. The van der Waals surface area contributed by atoms with Gasteiger partial charge >= 0.3 is 0 Å². The van der Waals surface area contributed by atoms with Crippen LogP contribution in [0.25, 0.3) is 0 Å². The van der Waals surface area contributed by atoms with E-state index >= 15 is 0 Å². The van der Waals surface area contributed by atoms with Crippen LogP contribution in [0.5, 0.6) is 5.75 Å². The Morgan fingerprint density at radius 2 is 2.20 bits per heavy atom. The Balaban J connectivity index is 1.93. The molecule has 0 radical (unpaired) electrons. The van der Waals surface area contributed by atoms with Crippen molar-refractivity contribution in [2.24, 2.45) is 0 Å². The molecule has 1 aliphatic heterocycles. The highest BCUT2D eigenvalue weighted by Gasteiger charge is 2.40. The summed E-state index contributed by atoms with van der Waals surface area (Å²) < 4.78 is 5.57. The molecule has 0 unspecified atom stereocenters. The van der Waals surface area contributed by atoms with Crippen LogP contribution in [0, 0.1) is 6.92 Å². The minimum absolute atomic E-state index is 0.389. The molecule has 1 fully saturated rings. The highest BCUT2D eigenvalue weighted by Crippen LogP contribution is 2.40. The molecule has 1 N–H and O–H groups in total. The van der Waals surface area contributed by atoms with Gasteiger partial charge in [0.15, 0.2) is 0 Å². The molecular weight excluding hydrogens is 188 g/mol. The van der Waals surface area contributed by atoms with Gasteiger partial charge in [-0.2, -0.15) is 0 Å². The number of aliphatic hydroxyl groups is 1. The molecule has 0 spiro atoms. The van der Waals surface area contributed by atoms with Crippen molar-refractivity contribution in [2.45, 2.75) is 38.2 Å². The average Bonchev–Trinajstić information content (AvgIpc) is 2.73. The minimum atomic E-state index is -0.389. The van der Waals surface area contributed by atoms with Crippen molar-refractivity contribution in [3.05, 3.63) is 28.8 Å². The monoisotopic (exact) mass is 204 g/mol. The maximum atomic E-state index is 9.89. The standard InChI is InChI=1S/C13H16O2/c1-9-6-10(8-13(14)3-4-13)7-11-2-5-15-12(9)11/h6-7,14H,2-5,8H2,1H3. The van der Waals surface area contributed by atoms with E-state index in [0.717, 1.165) is 38.0 Å². The van der Waals surface area contributed by atoms with Gasteiger partial charge in [-0.25, -0.2) is 0 Å². The fraction of sp³-hybridized carbons (Fsp3) is 0.538. The van der Waals surface area contributed by atoms with Crippen LogP contribution in [-0.2, 0) is 12.8 Å². The van der Waals surface area contributed by atoms with E-state index in [1.54, 1.807) is 0 Å². The maximum absolute atomic E-state index is 9.89. The van der Waals surface area contributed by atoms with Gasteiger partial charge in [0.2, 0.25) is 0 Å². The molecular formula is C13H16O2. The molecule has 0 bridgehead atoms. The van der Waals surface area contributed by atoms with Crippen LogP contribution in [0.1, 0.15) is 29.5 Å². The summed E-state index contributed by atoms with van der Waals surface area (Å²) in [5.74, 6) is 1.07. The number of rotatable bonds is 2. The highest BCUT2D eigenvalue weighted by atomic mass is 16.5. The van der Waals surface area contributed by atoms with Crippen LogP contribution < -0.4 is 4.74 Å². The molecule has 1 aromatic carbocycles. The summed E-state index contributed by atoms with van der Waals surface area (Å²) >= 11 is 0. The Kier molecular flexibility index (Phi) is 1.84. The number of benzene rings is 1. The van der Waals surface area contributed by atoms with Crippen molar-refractivity contribution in [3.8, 4) is 5.75 Å². The summed E-state index contributed by atoms with van der Waals surface area (Å²) in [7, 11) is 0. The molecule has 0 atom stereocenters. The molecule has 1 aromatic rings. The Labute approximate surface area is 89.9 Å². The Bertz CT molecular complexity index is 405. The summed E-state index contributed by atoms with van der Waals surface area (Å²) in [5.41, 5.74) is 3.40. The SMILES string of the molecule is Cc1cc(CC2(O)CC2)cc2c1OCC2. The van der Waals surface area contributed by atoms with Gasteiger partial charge in [0, 0.05) is 12.8 Å². The lowest BCUT2D eigenvalue weighted by Gasteiger charge is -2.11. The second-order valence-corrected chi connectivity index (χ2v) is 4.90. The van der Waals surface area contributed by atoms with E-state index in [1.807, 2.05) is 0 Å². The second kappa shape index (κ2) is 2.99. The van der Waals surface area contributed by atoms with Gasteiger partial charge < -0.3 is 9.84 Å². The third-order valence-corrected chi connectivity index (χ3v) is 3.39. The van der Waals surface area contributed by atoms with E-state index in [1.165, 1.54) is 16.7 Å². The van der Waals surface area contributed by atoms with Crippen LogP contribution in [0.2, 0.25) is 0 Å². The molecule has 2 nitrogen and oxygen atoms in total. The van der Waals surface area contributed by atoms with Crippen LogP contribution in [-0.4, -0.2) is 17.3 Å². The van der Waals surface area contributed by atoms with Crippen molar-refractivity contribution >= 4 is 0 Å². The number of ether oxygens (including phenoxy) is 1. The van der Waals surface area contributed by atoms with Crippen molar-refractivity contribution in [2.75, 3.05) is 6.61 Å². The van der Waals surface area contributed by atoms with Crippen molar-refractivity contribution in [1.82, 2.24) is 0 Å². The zero-order valence-corrected chi connectivity index (χ0v) is 9.05. The lowest BCUT2D eigenvalue weighted by Crippen LogP contribution is -2.10. The summed E-state index contributed by atoms with van der Waals surface area (Å²) in [4.78, 5) is 0. The van der Waals surface area contributed by atoms with Crippen LogP contribution >= 0.6 is 0 Å². The van der Waals surface area contributed by atoms with Gasteiger partial charge in [0.25, 0.3) is 0 Å². The van der Waals surface area contributed by atoms with Crippen molar-refractivity contribution in [3.63, 3.8) is 0 Å². The van der Waals surface area contributed by atoms with Crippen molar-refractivity contribution < 1.29 is 9.84 Å². The van der Waals surface area contributed by atoms with E-state index in [4.69, 9.17) is 4.74 Å². The van der Waals surface area contributed by atoms with Gasteiger partial charge in [0.1, 0.15) is 5.75 Å². The lowest BCUT2D eigenvalue weighted by molar-refractivity contribution is 0.151. The largest absolute Gasteiger partial charge is 0.493 e. The maximum Gasteiger partial charge on any atom is 0.125 e. The normalized spacial score (nSPS) is 20.9. The molecule has 0 amide bonds. The molecule has 80 valence electrons. The molecule has 0 saturated heterocycles. The minimum Gasteiger partial charge on any atom is -0.493 e. The molecule has 3 rings (SSSR count). The summed E-state index contributed by atoms with van der Waals surface area (Å²) in [6, 6.07) is 4.35. The fourth-order valence-electron chi connectivity index (χ4n) is 2.39. The predicted molar refractivity (Wildman–Crippen MR) is 58.3 cm³/mol. The topological polar surface area (TPSA) is 29.5 Å². The van der Waals surface area contributed by atoms with E-state index in [2.05, 4.69) is 19.1 Å². The van der Waals surface area contributed by atoms with E-state index < -0.39 is 0 Å². The number of hydrogen-bond donors (Lipinski definition) is 1. The quantitative estimate of drug-likeness (QED) is 0.798. The first-order valence-electron chi connectivity index (χ1n) is 5.64. The number of hydrogen-bond acceptors (Lipinski definition) is 2. The molecule has 1 aliphatic carbocycles. The smallest absolute Gasteiger partial charge is 0.125 e. The Morgan fingerprint density at radius 3 is 2.93 bits per heavy atom. The fourth-order valence-corrected chi connectivity index (χ4v) is 2.39. The lowest BCUT2D eigenvalue weighted by atomic mass is 9.99. The zero-order valence-electron chi connectivity index (χ0n) is 9.05. The zero-order chi connectivity index (χ0) is 10.5. The van der Waals surface area contributed by atoms with Crippen LogP contribution in [0.15, 0.2) is 12.1 Å². The Hall–Kier alpha value is -1.02. The summed E-state index contributed by atoms with van der Waals surface area (Å²) in [6.07, 6.45) is 3.74. The van der Waals surface area contributed by atoms with Gasteiger partial charge in [-0.3, -0.25) is 0 Å². The van der Waals surface area contributed by atoms with Gasteiger partial charge in [0.05, 0.1) is 12.2 Å². The van der Waals surface area contributed by atoms with Gasteiger partial charge in [-0.15, -0.1) is 0 Å². The molecule has 2 aliphatic rings. The van der Waals surface area contributed by atoms with E-state index in [9.17, 15) is 5.11 Å². The number of fused-ring (bicyclic) bond motifs is 1. The Morgan fingerprint density at radius 1 is 1.40 bits per heavy atom. The first-order valence-corrected chi connectivity index (χ1v) is 5.64. The first kappa shape index (κ1) is 9.22. The molecule has 1 saturated carbocycles. The first-order chi connectivity index (χ1) is 7.16. The molecule has 15 heavy (non-hydrogen) atoms. The summed E-state index contributed by atoms with van der Waals surface area (Å²) in [5, 5.41) is 9.89. The second-order valence-electron chi connectivity index (χ2n) is 4.90. The molecule has 0 aromatic heterocycles. The van der Waals surface area contributed by atoms with Gasteiger partial charge in [-0.1, -0.05) is 12.1 Å².